The van der Waals surface area contributed by atoms with Crippen LogP contribution in [0, 0.1) is 5.92 Å². The fourth-order valence-electron chi connectivity index (χ4n) is 2.05. The fraction of sp³-hybridized carbons (Fsp3) is 0.538. The van der Waals surface area contributed by atoms with Gasteiger partial charge in [-0.1, -0.05) is 13.8 Å². The predicted octanol–water partition coefficient (Wildman–Crippen LogP) is -0.794. The molecule has 21 heavy (non-hydrogen) atoms. The molecule has 0 bridgehead atoms. The zero-order valence-corrected chi connectivity index (χ0v) is 12.6. The van der Waals surface area contributed by atoms with E-state index in [1.54, 1.807) is 7.05 Å². The monoisotopic (exact) mass is 293 g/mol. The van der Waals surface area contributed by atoms with E-state index >= 15 is 0 Å². The molecular weight excluding hydrogens is 274 g/mol. The van der Waals surface area contributed by atoms with Crippen molar-refractivity contribution < 1.29 is 4.79 Å². The Morgan fingerprint density at radius 1 is 1.29 bits per heavy atom. The minimum Gasteiger partial charge on any atom is -0.354 e. The average molecular weight is 293 g/mol. The summed E-state index contributed by atoms with van der Waals surface area (Å²) < 4.78 is 3.76. The molecule has 114 valence electrons. The molecule has 0 saturated heterocycles. The lowest BCUT2D eigenvalue weighted by Gasteiger charge is -2.09. The zero-order chi connectivity index (χ0) is 15.7. The first-order valence-corrected chi connectivity index (χ1v) is 6.70. The Labute approximate surface area is 121 Å². The first kappa shape index (κ1) is 15.0. The summed E-state index contributed by atoms with van der Waals surface area (Å²) in [6, 6.07) is 0. The van der Waals surface area contributed by atoms with Gasteiger partial charge in [0, 0.05) is 20.6 Å². The molecule has 1 amide bonds. The molecule has 0 fully saturated rings. The molecule has 0 aromatic carbocycles. The summed E-state index contributed by atoms with van der Waals surface area (Å²) in [7, 11) is 2.95. The standard InChI is InChI=1S/C13H19N5O3/c1-8(2)5-14-9(19)6-18-7-15-11-10(18)12(20)17(4)13(21)16(11)3/h7-8H,5-6H2,1-4H3,(H,14,19). The van der Waals surface area contributed by atoms with Crippen LogP contribution in [0.25, 0.3) is 11.2 Å². The van der Waals surface area contributed by atoms with Gasteiger partial charge in [0.1, 0.15) is 6.54 Å². The largest absolute Gasteiger partial charge is 0.354 e. The highest BCUT2D eigenvalue weighted by atomic mass is 16.2. The third-order valence-electron chi connectivity index (χ3n) is 3.24. The lowest BCUT2D eigenvalue weighted by Crippen LogP contribution is -2.38. The summed E-state index contributed by atoms with van der Waals surface area (Å²) in [5.74, 6) is 0.154. The third kappa shape index (κ3) is 2.74. The minimum absolute atomic E-state index is 0.00331. The van der Waals surface area contributed by atoms with E-state index in [0.717, 1.165) is 4.57 Å². The number of aryl methyl sites for hydroxylation is 1. The van der Waals surface area contributed by atoms with E-state index in [1.165, 1.54) is 22.5 Å². The van der Waals surface area contributed by atoms with Crippen molar-refractivity contribution in [3.8, 4) is 0 Å². The SMILES string of the molecule is CC(C)CNC(=O)Cn1cnc2c1c(=O)n(C)c(=O)n2C. The van der Waals surface area contributed by atoms with Crippen LogP contribution in [0.4, 0.5) is 0 Å². The number of aromatic nitrogens is 4. The van der Waals surface area contributed by atoms with Gasteiger partial charge in [-0.05, 0) is 5.92 Å². The molecule has 0 aliphatic rings. The predicted molar refractivity (Wildman–Crippen MR) is 78.1 cm³/mol. The van der Waals surface area contributed by atoms with Crippen molar-refractivity contribution >= 4 is 17.1 Å². The lowest BCUT2D eigenvalue weighted by molar-refractivity contribution is -0.121. The van der Waals surface area contributed by atoms with Gasteiger partial charge in [0.25, 0.3) is 5.56 Å². The molecule has 2 aromatic rings. The van der Waals surface area contributed by atoms with Crippen LogP contribution in [0.5, 0.6) is 0 Å². The van der Waals surface area contributed by atoms with Crippen LogP contribution in [-0.2, 0) is 25.4 Å². The second-order valence-electron chi connectivity index (χ2n) is 5.45. The molecule has 1 N–H and O–H groups in total. The number of amides is 1. The van der Waals surface area contributed by atoms with E-state index < -0.39 is 11.2 Å². The molecule has 8 heteroatoms. The quantitative estimate of drug-likeness (QED) is 0.799. The molecule has 2 heterocycles. The van der Waals surface area contributed by atoms with Crippen molar-refractivity contribution in [3.05, 3.63) is 27.2 Å². The molecule has 0 spiro atoms. The maximum Gasteiger partial charge on any atom is 0.332 e. The van der Waals surface area contributed by atoms with Gasteiger partial charge in [-0.3, -0.25) is 18.7 Å². The summed E-state index contributed by atoms with van der Waals surface area (Å²) >= 11 is 0. The molecular formula is C13H19N5O3. The van der Waals surface area contributed by atoms with E-state index in [0.29, 0.717) is 12.5 Å². The smallest absolute Gasteiger partial charge is 0.332 e. The van der Waals surface area contributed by atoms with E-state index in [2.05, 4.69) is 10.3 Å². The van der Waals surface area contributed by atoms with Crippen LogP contribution < -0.4 is 16.6 Å². The number of hydrogen-bond acceptors (Lipinski definition) is 4. The first-order chi connectivity index (χ1) is 9.82. The molecule has 0 atom stereocenters. The number of hydrogen-bond donors (Lipinski definition) is 1. The number of imidazole rings is 1. The van der Waals surface area contributed by atoms with E-state index in [9.17, 15) is 14.4 Å². The summed E-state index contributed by atoms with van der Waals surface area (Å²) in [6.07, 6.45) is 1.40. The molecule has 8 nitrogen and oxygen atoms in total. The summed E-state index contributed by atoms with van der Waals surface area (Å²) in [5.41, 5.74) is -0.372. The minimum atomic E-state index is -0.456. The number of nitrogens with zero attached hydrogens (tertiary/aromatic N) is 4. The zero-order valence-electron chi connectivity index (χ0n) is 12.6. The normalized spacial score (nSPS) is 11.3. The molecule has 0 radical (unpaired) electrons. The Kier molecular flexibility index (Phi) is 3.97. The lowest BCUT2D eigenvalue weighted by atomic mass is 10.2. The molecule has 0 unspecified atom stereocenters. The van der Waals surface area contributed by atoms with Gasteiger partial charge >= 0.3 is 5.69 Å². The number of fused-ring (bicyclic) bond motifs is 1. The summed E-state index contributed by atoms with van der Waals surface area (Å²) in [6.45, 7) is 4.56. The highest BCUT2D eigenvalue weighted by Crippen LogP contribution is 2.05. The Morgan fingerprint density at radius 2 is 1.95 bits per heavy atom. The van der Waals surface area contributed by atoms with Crippen LogP contribution in [0.1, 0.15) is 13.8 Å². The highest BCUT2D eigenvalue weighted by molar-refractivity contribution is 5.78. The maximum atomic E-state index is 12.2. The second-order valence-corrected chi connectivity index (χ2v) is 5.45. The van der Waals surface area contributed by atoms with E-state index in [-0.39, 0.29) is 23.6 Å². The Hall–Kier alpha value is -2.38. The fourth-order valence-corrected chi connectivity index (χ4v) is 2.05. The second kappa shape index (κ2) is 5.55. The Balaban J connectivity index is 2.41. The van der Waals surface area contributed by atoms with E-state index in [1.807, 2.05) is 13.8 Å². The van der Waals surface area contributed by atoms with Gasteiger partial charge in [0.15, 0.2) is 11.2 Å². The van der Waals surface area contributed by atoms with Crippen LogP contribution in [0.15, 0.2) is 15.9 Å². The molecule has 0 aliphatic carbocycles. The molecule has 0 saturated carbocycles. The Morgan fingerprint density at radius 3 is 2.57 bits per heavy atom. The van der Waals surface area contributed by atoms with Crippen molar-refractivity contribution in [1.82, 2.24) is 24.0 Å². The first-order valence-electron chi connectivity index (χ1n) is 6.70. The van der Waals surface area contributed by atoms with Gasteiger partial charge in [-0.2, -0.15) is 0 Å². The number of carbonyl (C=O) groups excluding carboxylic acids is 1. The van der Waals surface area contributed by atoms with Gasteiger partial charge in [0.2, 0.25) is 5.91 Å². The number of rotatable bonds is 4. The van der Waals surface area contributed by atoms with Gasteiger partial charge < -0.3 is 9.88 Å². The van der Waals surface area contributed by atoms with Crippen molar-refractivity contribution in [2.24, 2.45) is 20.0 Å². The van der Waals surface area contributed by atoms with Crippen molar-refractivity contribution in [3.63, 3.8) is 0 Å². The number of carbonyl (C=O) groups is 1. The van der Waals surface area contributed by atoms with Crippen molar-refractivity contribution in [2.75, 3.05) is 6.54 Å². The average Bonchev–Trinajstić information content (AvgIpc) is 2.84. The van der Waals surface area contributed by atoms with E-state index in [4.69, 9.17) is 0 Å². The highest BCUT2D eigenvalue weighted by Gasteiger charge is 2.15. The van der Waals surface area contributed by atoms with Gasteiger partial charge in [0.05, 0.1) is 6.33 Å². The molecule has 0 aliphatic heterocycles. The molecule has 2 rings (SSSR count). The van der Waals surface area contributed by atoms with Crippen LogP contribution in [-0.4, -0.2) is 31.1 Å². The molecule has 2 aromatic heterocycles. The van der Waals surface area contributed by atoms with Gasteiger partial charge in [-0.15, -0.1) is 0 Å². The Bertz CT molecular complexity index is 796. The summed E-state index contributed by atoms with van der Waals surface area (Å²) in [5, 5.41) is 2.78. The van der Waals surface area contributed by atoms with Crippen molar-refractivity contribution in [2.45, 2.75) is 20.4 Å². The topological polar surface area (TPSA) is 90.9 Å². The summed E-state index contributed by atoms with van der Waals surface area (Å²) in [4.78, 5) is 39.9. The maximum absolute atomic E-state index is 12.2. The van der Waals surface area contributed by atoms with Crippen LogP contribution in [0.3, 0.4) is 0 Å². The van der Waals surface area contributed by atoms with Crippen LogP contribution in [0.2, 0.25) is 0 Å². The van der Waals surface area contributed by atoms with Crippen LogP contribution >= 0.6 is 0 Å². The van der Waals surface area contributed by atoms with Crippen molar-refractivity contribution in [1.29, 1.82) is 0 Å². The number of nitrogens with one attached hydrogen (secondary N) is 1. The van der Waals surface area contributed by atoms with Gasteiger partial charge in [-0.25, -0.2) is 9.78 Å². The third-order valence-corrected chi connectivity index (χ3v) is 3.24.